The fourth-order valence-electron chi connectivity index (χ4n) is 1.82. The van der Waals surface area contributed by atoms with Gasteiger partial charge in [-0.25, -0.2) is 4.99 Å². The van der Waals surface area contributed by atoms with Crippen molar-refractivity contribution in [2.75, 3.05) is 6.54 Å². The normalized spacial score (nSPS) is 14.3. The largest absolute Gasteiger partial charge is 0.295 e. The van der Waals surface area contributed by atoms with Crippen LogP contribution < -0.4 is 5.43 Å². The van der Waals surface area contributed by atoms with Crippen LogP contribution in [0, 0.1) is 0 Å². The Bertz CT molecular complexity index is 437. The van der Waals surface area contributed by atoms with Crippen LogP contribution in [0.5, 0.6) is 0 Å². The van der Waals surface area contributed by atoms with Crippen LogP contribution in [0.15, 0.2) is 35.5 Å². The van der Waals surface area contributed by atoms with Gasteiger partial charge in [-0.3, -0.25) is 10.4 Å². The molecule has 0 aliphatic carbocycles. The first-order valence-corrected chi connectivity index (χ1v) is 6.70. The first-order chi connectivity index (χ1) is 8.79. The number of nitrogens with zero attached hydrogens (tertiary/aromatic N) is 2. The molecule has 0 atom stereocenters. The molecule has 2 rings (SSSR count). The van der Waals surface area contributed by atoms with Gasteiger partial charge in [0.05, 0.1) is 11.9 Å². The van der Waals surface area contributed by atoms with E-state index in [4.69, 9.17) is 11.6 Å². The lowest BCUT2D eigenvalue weighted by Gasteiger charge is -2.25. The smallest absolute Gasteiger partial charge is 0.109 e. The Labute approximate surface area is 113 Å². The molecule has 0 saturated carbocycles. The van der Waals surface area contributed by atoms with E-state index < -0.39 is 0 Å². The van der Waals surface area contributed by atoms with Crippen LogP contribution in [0.1, 0.15) is 31.7 Å². The third kappa shape index (κ3) is 3.50. The van der Waals surface area contributed by atoms with Crippen molar-refractivity contribution in [3.8, 4) is 0 Å². The van der Waals surface area contributed by atoms with E-state index in [9.17, 15) is 0 Å². The van der Waals surface area contributed by atoms with Crippen LogP contribution in [0.3, 0.4) is 0 Å². The summed E-state index contributed by atoms with van der Waals surface area (Å²) in [6, 6.07) is 7.76. The van der Waals surface area contributed by atoms with Crippen LogP contribution in [-0.4, -0.2) is 17.9 Å². The van der Waals surface area contributed by atoms with Gasteiger partial charge in [-0.15, -0.1) is 0 Å². The van der Waals surface area contributed by atoms with E-state index in [2.05, 4.69) is 17.3 Å². The van der Waals surface area contributed by atoms with E-state index in [0.29, 0.717) is 0 Å². The molecule has 1 N–H and O–H groups in total. The third-order valence-electron chi connectivity index (χ3n) is 2.83. The maximum absolute atomic E-state index is 5.88. The Hall–Kier alpha value is -1.48. The summed E-state index contributed by atoms with van der Waals surface area (Å²) in [6.45, 7) is 3.18. The highest BCUT2D eigenvalue weighted by Crippen LogP contribution is 2.17. The molecule has 4 heteroatoms. The monoisotopic (exact) mass is 263 g/mol. The molecule has 1 aromatic carbocycles. The minimum absolute atomic E-state index is 0.749. The summed E-state index contributed by atoms with van der Waals surface area (Å²) >= 11 is 5.88. The summed E-state index contributed by atoms with van der Waals surface area (Å²) < 4.78 is 0. The molecular formula is C14H18ClN3. The fourth-order valence-corrected chi connectivity index (χ4v) is 1.94. The number of aliphatic imine (C=N–C) groups is 1. The van der Waals surface area contributed by atoms with E-state index >= 15 is 0 Å². The molecule has 0 amide bonds. The first-order valence-electron chi connectivity index (χ1n) is 6.32. The topological polar surface area (TPSA) is 27.6 Å². The number of hydrogen-bond acceptors (Lipinski definition) is 3. The van der Waals surface area contributed by atoms with Crippen molar-refractivity contribution in [3.05, 3.63) is 41.1 Å². The summed E-state index contributed by atoms with van der Waals surface area (Å²) in [5.74, 6) is 0. The second-order valence-electron chi connectivity index (χ2n) is 4.33. The number of unbranched alkanes of at least 4 members (excludes halogenated alkanes) is 2. The van der Waals surface area contributed by atoms with E-state index in [1.807, 2.05) is 41.8 Å². The summed E-state index contributed by atoms with van der Waals surface area (Å²) in [6.07, 6.45) is 7.30. The first kappa shape index (κ1) is 13.0. The van der Waals surface area contributed by atoms with E-state index in [0.717, 1.165) is 22.8 Å². The quantitative estimate of drug-likeness (QED) is 0.821. The molecule has 1 aliphatic rings. The van der Waals surface area contributed by atoms with E-state index in [1.54, 1.807) is 0 Å². The molecule has 0 spiro atoms. The van der Waals surface area contributed by atoms with Gasteiger partial charge in [0.2, 0.25) is 0 Å². The molecule has 18 heavy (non-hydrogen) atoms. The van der Waals surface area contributed by atoms with Gasteiger partial charge in [0.15, 0.2) is 0 Å². The molecule has 96 valence electrons. The molecule has 0 bridgehead atoms. The van der Waals surface area contributed by atoms with Crippen molar-refractivity contribution in [1.29, 1.82) is 0 Å². The number of hydrogen-bond donors (Lipinski definition) is 1. The molecule has 3 nitrogen and oxygen atoms in total. The molecule has 0 unspecified atom stereocenters. The Morgan fingerprint density at radius 1 is 1.22 bits per heavy atom. The van der Waals surface area contributed by atoms with Crippen LogP contribution in [0.25, 0.3) is 5.70 Å². The number of hydrazine groups is 1. The lowest BCUT2D eigenvalue weighted by atomic mass is 10.2. The highest BCUT2D eigenvalue weighted by Gasteiger charge is 2.08. The van der Waals surface area contributed by atoms with Crippen LogP contribution in [0.4, 0.5) is 0 Å². The Morgan fingerprint density at radius 3 is 2.72 bits per heavy atom. The Morgan fingerprint density at radius 2 is 2.00 bits per heavy atom. The van der Waals surface area contributed by atoms with Crippen molar-refractivity contribution in [3.63, 3.8) is 0 Å². The second kappa shape index (κ2) is 6.45. The number of halogens is 1. The SMILES string of the molecule is CCCCCN1C=NC=C(c2ccc(Cl)cc2)N1. The number of rotatable bonds is 5. The third-order valence-corrected chi connectivity index (χ3v) is 3.08. The van der Waals surface area contributed by atoms with E-state index in [-0.39, 0.29) is 0 Å². The highest BCUT2D eigenvalue weighted by atomic mass is 35.5. The fraction of sp³-hybridized carbons (Fsp3) is 0.357. The minimum atomic E-state index is 0.749. The van der Waals surface area contributed by atoms with Gasteiger partial charge >= 0.3 is 0 Å². The van der Waals surface area contributed by atoms with E-state index in [1.165, 1.54) is 19.3 Å². The zero-order chi connectivity index (χ0) is 12.8. The maximum atomic E-state index is 5.88. The van der Waals surface area contributed by atoms with Gasteiger partial charge in [-0.05, 0) is 18.6 Å². The van der Waals surface area contributed by atoms with Crippen LogP contribution in [-0.2, 0) is 0 Å². The maximum Gasteiger partial charge on any atom is 0.109 e. The molecule has 0 aromatic heterocycles. The zero-order valence-electron chi connectivity index (χ0n) is 10.6. The standard InChI is InChI=1S/C14H18ClN3/c1-2-3-4-9-18-11-16-10-14(17-18)12-5-7-13(15)8-6-12/h5-8,10-11,17H,2-4,9H2,1H3. The number of nitrogens with one attached hydrogen (secondary N) is 1. The second-order valence-corrected chi connectivity index (χ2v) is 4.76. The zero-order valence-corrected chi connectivity index (χ0v) is 11.3. The minimum Gasteiger partial charge on any atom is -0.295 e. The van der Waals surface area contributed by atoms with Crippen molar-refractivity contribution in [2.24, 2.45) is 4.99 Å². The van der Waals surface area contributed by atoms with Crippen LogP contribution >= 0.6 is 11.6 Å². The lowest BCUT2D eigenvalue weighted by Crippen LogP contribution is -2.38. The summed E-state index contributed by atoms with van der Waals surface area (Å²) in [5, 5.41) is 2.78. The predicted molar refractivity (Wildman–Crippen MR) is 77.3 cm³/mol. The summed E-state index contributed by atoms with van der Waals surface area (Å²) in [7, 11) is 0. The Kier molecular flexibility index (Phi) is 4.65. The van der Waals surface area contributed by atoms with Gasteiger partial charge in [0, 0.05) is 17.1 Å². The van der Waals surface area contributed by atoms with Crippen molar-refractivity contribution in [1.82, 2.24) is 10.4 Å². The average molecular weight is 264 g/mol. The van der Waals surface area contributed by atoms with Gasteiger partial charge in [-0.2, -0.15) is 0 Å². The predicted octanol–water partition coefficient (Wildman–Crippen LogP) is 3.68. The Balaban J connectivity index is 1.96. The molecule has 1 aromatic rings. The molecule has 1 heterocycles. The summed E-state index contributed by atoms with van der Waals surface area (Å²) in [4.78, 5) is 4.26. The van der Waals surface area contributed by atoms with Gasteiger partial charge in [0.25, 0.3) is 0 Å². The van der Waals surface area contributed by atoms with Gasteiger partial charge < -0.3 is 0 Å². The lowest BCUT2D eigenvalue weighted by molar-refractivity contribution is 0.362. The van der Waals surface area contributed by atoms with Crippen molar-refractivity contribution >= 4 is 23.6 Å². The summed E-state index contributed by atoms with van der Waals surface area (Å²) in [5.41, 5.74) is 5.45. The van der Waals surface area contributed by atoms with Gasteiger partial charge in [-0.1, -0.05) is 43.5 Å². The molecule has 0 saturated heterocycles. The van der Waals surface area contributed by atoms with Gasteiger partial charge in [0.1, 0.15) is 6.34 Å². The molecule has 1 aliphatic heterocycles. The van der Waals surface area contributed by atoms with Crippen molar-refractivity contribution < 1.29 is 0 Å². The highest BCUT2D eigenvalue weighted by molar-refractivity contribution is 6.30. The molecular weight excluding hydrogens is 246 g/mol. The number of benzene rings is 1. The van der Waals surface area contributed by atoms with Crippen molar-refractivity contribution in [2.45, 2.75) is 26.2 Å². The van der Waals surface area contributed by atoms with Crippen LogP contribution in [0.2, 0.25) is 5.02 Å². The molecule has 0 fully saturated rings. The molecule has 0 radical (unpaired) electrons. The average Bonchev–Trinajstić information content (AvgIpc) is 2.40.